The Hall–Kier alpha value is -3.51. The van der Waals surface area contributed by atoms with Crippen LogP contribution in [0.1, 0.15) is 74.8 Å². The number of aliphatic imine (C=N–C) groups is 1. The van der Waals surface area contributed by atoms with Crippen LogP contribution >= 0.6 is 23.5 Å². The highest BCUT2D eigenvalue weighted by molar-refractivity contribution is 8.00. The first-order valence-electron chi connectivity index (χ1n) is 15.7. The predicted octanol–water partition coefficient (Wildman–Crippen LogP) is 9.66. The van der Waals surface area contributed by atoms with Crippen molar-refractivity contribution in [3.63, 3.8) is 0 Å². The summed E-state index contributed by atoms with van der Waals surface area (Å²) >= 11 is 3.19. The second kappa shape index (κ2) is 30.8. The van der Waals surface area contributed by atoms with Crippen LogP contribution in [0.3, 0.4) is 0 Å². The number of amides is 1. The Bertz CT molecular complexity index is 1260. The fraction of sp³-hybridized carbons (Fsp3) is 0.425. The van der Waals surface area contributed by atoms with E-state index in [2.05, 4.69) is 61.3 Å². The highest BCUT2D eigenvalue weighted by Crippen LogP contribution is 2.29. The molecule has 0 fully saturated rings. The molecule has 1 aliphatic heterocycles. The van der Waals surface area contributed by atoms with Crippen molar-refractivity contribution in [1.29, 1.82) is 0 Å². The van der Waals surface area contributed by atoms with E-state index in [0.29, 0.717) is 24.0 Å². The second-order valence-corrected chi connectivity index (χ2v) is 12.2. The number of aliphatic hydroxyl groups excluding tert-OH is 1. The molecular weight excluding hydrogens is 637 g/mol. The maximum absolute atomic E-state index is 12.4. The molecule has 0 saturated heterocycles. The number of fused-ring (bicyclic) bond motifs is 1. The molecule has 3 atom stereocenters. The maximum Gasteiger partial charge on any atom is 0.272 e. The zero-order valence-electron chi connectivity index (χ0n) is 28.4. The van der Waals surface area contributed by atoms with Crippen LogP contribution in [0.25, 0.3) is 0 Å². The fourth-order valence-electron chi connectivity index (χ4n) is 3.49. The summed E-state index contributed by atoms with van der Waals surface area (Å²) in [4.78, 5) is 27.7. The normalized spacial score (nSPS) is 14.9. The van der Waals surface area contributed by atoms with E-state index in [1.165, 1.54) is 37.3 Å². The number of ether oxygens (including phenoxy) is 1. The first kappa shape index (κ1) is 48.9. The topological polar surface area (TPSA) is 88.0 Å². The molecule has 2 N–H and O–H groups in total. The van der Waals surface area contributed by atoms with Gasteiger partial charge in [0.05, 0.1) is 12.3 Å². The van der Waals surface area contributed by atoms with Crippen LogP contribution in [0.2, 0.25) is 0 Å². The van der Waals surface area contributed by atoms with Crippen LogP contribution < -0.4 is 10.1 Å². The van der Waals surface area contributed by atoms with Crippen molar-refractivity contribution >= 4 is 47.6 Å². The predicted molar refractivity (Wildman–Crippen MR) is 215 cm³/mol. The Balaban J connectivity index is -0.000000750. The molecule has 266 valence electrons. The third kappa shape index (κ3) is 20.7. The van der Waals surface area contributed by atoms with Gasteiger partial charge in [-0.1, -0.05) is 129 Å². The summed E-state index contributed by atoms with van der Waals surface area (Å²) < 4.78 is 5.76. The van der Waals surface area contributed by atoms with Crippen molar-refractivity contribution in [3.8, 4) is 18.1 Å². The van der Waals surface area contributed by atoms with E-state index in [9.17, 15) is 14.7 Å². The lowest BCUT2D eigenvalue weighted by Gasteiger charge is -2.25. The van der Waals surface area contributed by atoms with Gasteiger partial charge in [0, 0.05) is 17.0 Å². The van der Waals surface area contributed by atoms with Gasteiger partial charge in [0.25, 0.3) is 5.91 Å². The van der Waals surface area contributed by atoms with E-state index in [-0.39, 0.29) is 14.9 Å². The van der Waals surface area contributed by atoms with Gasteiger partial charge in [0.1, 0.15) is 17.6 Å². The molecule has 2 aromatic rings. The Morgan fingerprint density at radius 1 is 1.15 bits per heavy atom. The molecule has 48 heavy (non-hydrogen) atoms. The lowest BCUT2D eigenvalue weighted by Crippen LogP contribution is -2.53. The molecule has 0 aromatic heterocycles. The number of hydrogen-bond acceptors (Lipinski definition) is 7. The first-order valence-corrected chi connectivity index (χ1v) is 18.0. The minimum atomic E-state index is -1.34. The highest BCUT2D eigenvalue weighted by atomic mass is 32.2. The van der Waals surface area contributed by atoms with Gasteiger partial charge in [-0.3, -0.25) is 9.79 Å². The lowest BCUT2D eigenvalue weighted by molar-refractivity contribution is -0.130. The Morgan fingerprint density at radius 2 is 1.75 bits per heavy atom. The van der Waals surface area contributed by atoms with Gasteiger partial charge in [-0.05, 0) is 55.5 Å². The molecule has 6 nitrogen and oxygen atoms in total. The minimum Gasteiger partial charge on any atom is -0.470 e. The molecule has 1 amide bonds. The molecule has 0 radical (unpaired) electrons. The Morgan fingerprint density at radius 3 is 2.21 bits per heavy atom. The summed E-state index contributed by atoms with van der Waals surface area (Å²) in [5.41, 5.74) is 0.218. The summed E-state index contributed by atoms with van der Waals surface area (Å²) in [5.74, 6) is 3.79. The number of terminal acetylenes is 1. The summed E-state index contributed by atoms with van der Waals surface area (Å²) in [7, 11) is 0. The van der Waals surface area contributed by atoms with Crippen molar-refractivity contribution < 1.29 is 19.4 Å². The van der Waals surface area contributed by atoms with E-state index in [4.69, 9.17) is 11.2 Å². The summed E-state index contributed by atoms with van der Waals surface area (Å²) in [6.45, 7) is 11.4. The summed E-state index contributed by atoms with van der Waals surface area (Å²) in [6.07, 6.45) is 23.0. The van der Waals surface area contributed by atoms with Gasteiger partial charge in [0.2, 0.25) is 5.44 Å². The van der Waals surface area contributed by atoms with Gasteiger partial charge in [-0.25, -0.2) is 0 Å². The van der Waals surface area contributed by atoms with Gasteiger partial charge in [0.15, 0.2) is 0 Å². The second-order valence-electron chi connectivity index (χ2n) is 9.83. The minimum absolute atomic E-state index is 0. The van der Waals surface area contributed by atoms with Crippen LogP contribution in [0.4, 0.5) is 5.69 Å². The molecule has 4 rings (SSSR count). The van der Waals surface area contributed by atoms with Crippen LogP contribution in [0, 0.1) is 12.3 Å². The molecule has 1 heterocycles. The van der Waals surface area contributed by atoms with E-state index >= 15 is 0 Å². The quantitative estimate of drug-likeness (QED) is 0.154. The molecule has 1 aliphatic carbocycles. The van der Waals surface area contributed by atoms with Crippen LogP contribution in [0.5, 0.6) is 5.75 Å². The van der Waals surface area contributed by atoms with Gasteiger partial charge < -0.3 is 20.0 Å². The molecule has 2 aliphatic rings. The molecule has 2 aromatic carbocycles. The lowest BCUT2D eigenvalue weighted by atomic mass is 10.1. The summed E-state index contributed by atoms with van der Waals surface area (Å²) in [5, 5.41) is 12.5. The largest absolute Gasteiger partial charge is 0.470 e. The van der Waals surface area contributed by atoms with Gasteiger partial charge in [-0.15, -0.1) is 18.2 Å². The van der Waals surface area contributed by atoms with E-state index < -0.39 is 23.5 Å². The van der Waals surface area contributed by atoms with Crippen molar-refractivity contribution in [2.45, 2.75) is 91.9 Å². The van der Waals surface area contributed by atoms with E-state index in [0.717, 1.165) is 16.5 Å². The van der Waals surface area contributed by atoms with Crippen LogP contribution in [0.15, 0.2) is 95.5 Å². The number of thioether (sulfide) groups is 2. The van der Waals surface area contributed by atoms with Crippen molar-refractivity contribution in [3.05, 3.63) is 96.1 Å². The number of benzene rings is 2. The number of aliphatic hydroxyl groups is 1. The Labute approximate surface area is 301 Å². The van der Waals surface area contributed by atoms with Crippen molar-refractivity contribution in [2.75, 3.05) is 18.6 Å². The van der Waals surface area contributed by atoms with Gasteiger partial charge >= 0.3 is 0 Å². The molecule has 0 saturated carbocycles. The Kier molecular flexibility index (Phi) is 31.4. The standard InChI is InChI=1S/C19H20N2O4S.C8H12S.C6H6.C3H8.C2H6.2CH4/c1-4-13-5-6-14-9-15(7-8-16(14)20-10-13)25-18(26-3)17(24)21-19(2,11-22)12-23;1-2-9-8-6-4-3-5-7-8;1-2-4-6-5-3-1;1-3-2;1-2;;/h1,5,7-11,18,23H,6,12H2,2-3H3,(H,21,24);3-6,8H,2,7H2,1H3;1-6H;3H2,1-2H3;1-2H3;2*1H4. The molecular formula is C40H60N2O4S2. The van der Waals surface area contributed by atoms with E-state index in [1.54, 1.807) is 24.6 Å². The number of nitrogens with zero attached hydrogens (tertiary/aromatic N) is 1. The fourth-order valence-corrected chi connectivity index (χ4v) is 4.85. The first-order chi connectivity index (χ1) is 22.3. The highest BCUT2D eigenvalue weighted by Gasteiger charge is 2.29. The smallest absolute Gasteiger partial charge is 0.272 e. The zero-order chi connectivity index (χ0) is 34.6. The third-order valence-electron chi connectivity index (χ3n) is 5.76. The number of rotatable bonds is 9. The SMILES string of the molecule is C.C.C#CC1=CCc2cc(OC(SC)C(=O)NC(C)(C=O)CO)ccc2N=C1.CC.CCC.CCSC1C=CC=CC1.c1ccccc1. The van der Waals surface area contributed by atoms with Crippen molar-refractivity contribution in [1.82, 2.24) is 5.32 Å². The number of nitrogens with one attached hydrogen (secondary N) is 1. The molecule has 8 heteroatoms. The number of aldehydes is 1. The molecule has 0 bridgehead atoms. The number of hydrogen-bond donors (Lipinski definition) is 2. The molecule has 0 spiro atoms. The van der Waals surface area contributed by atoms with Gasteiger partial charge in [-0.2, -0.15) is 11.8 Å². The molecule has 3 unspecified atom stereocenters. The third-order valence-corrected chi connectivity index (χ3v) is 7.61. The van der Waals surface area contributed by atoms with Crippen LogP contribution in [-0.2, 0) is 16.0 Å². The average Bonchev–Trinajstić information content (AvgIpc) is 3.32. The average molecular weight is 697 g/mol. The zero-order valence-corrected chi connectivity index (χ0v) is 30.1. The number of carbonyl (C=O) groups excluding carboxylic acids is 2. The van der Waals surface area contributed by atoms with Crippen molar-refractivity contribution in [2.24, 2.45) is 4.99 Å². The maximum atomic E-state index is 12.4. The number of allylic oxidation sites excluding steroid dienone is 5. The monoisotopic (exact) mass is 696 g/mol. The number of carbonyl (C=O) groups is 2. The van der Waals surface area contributed by atoms with E-state index in [1.807, 2.05) is 74.1 Å². The summed E-state index contributed by atoms with van der Waals surface area (Å²) in [6, 6.07) is 17.3. The van der Waals surface area contributed by atoms with Crippen LogP contribution in [-0.4, -0.2) is 58.4 Å².